The summed E-state index contributed by atoms with van der Waals surface area (Å²) in [6, 6.07) is 8.83. The molecule has 2 aliphatic carbocycles. The van der Waals surface area contributed by atoms with Gasteiger partial charge in [-0.15, -0.1) is 0 Å². The van der Waals surface area contributed by atoms with Crippen LogP contribution in [0.1, 0.15) is 49.1 Å². The fourth-order valence-corrected chi connectivity index (χ4v) is 4.57. The molecule has 4 rings (SSSR count). The van der Waals surface area contributed by atoms with Crippen LogP contribution < -0.4 is 0 Å². The van der Waals surface area contributed by atoms with Crippen LogP contribution >= 0.6 is 0 Å². The van der Waals surface area contributed by atoms with Gasteiger partial charge in [-0.1, -0.05) is 24.3 Å². The van der Waals surface area contributed by atoms with Gasteiger partial charge < -0.3 is 9.84 Å². The summed E-state index contributed by atoms with van der Waals surface area (Å²) in [5.74, 6) is 1.89. The van der Waals surface area contributed by atoms with Crippen LogP contribution in [-0.2, 0) is 11.2 Å². The van der Waals surface area contributed by atoms with Crippen molar-refractivity contribution in [3.63, 3.8) is 0 Å². The molecule has 1 saturated heterocycles. The van der Waals surface area contributed by atoms with Crippen LogP contribution in [0.5, 0.6) is 0 Å². The normalized spacial score (nSPS) is 36.2. The summed E-state index contributed by atoms with van der Waals surface area (Å²) in [7, 11) is 0. The van der Waals surface area contributed by atoms with E-state index in [2.05, 4.69) is 24.3 Å². The van der Waals surface area contributed by atoms with Gasteiger partial charge in [0, 0.05) is 6.61 Å². The Labute approximate surface area is 121 Å². The van der Waals surface area contributed by atoms with E-state index in [1.807, 2.05) is 0 Å². The summed E-state index contributed by atoms with van der Waals surface area (Å²) < 4.78 is 5.67. The maximum atomic E-state index is 10.6. The minimum Gasteiger partial charge on any atom is -0.393 e. The van der Waals surface area contributed by atoms with Gasteiger partial charge in [0.15, 0.2) is 0 Å². The third-order valence-corrected chi connectivity index (χ3v) is 5.64. The highest BCUT2D eigenvalue weighted by molar-refractivity contribution is 5.39. The molecule has 108 valence electrons. The molecule has 1 aromatic carbocycles. The quantitative estimate of drug-likeness (QED) is 0.911. The Balaban J connectivity index is 1.39. The summed E-state index contributed by atoms with van der Waals surface area (Å²) in [5, 5.41) is 10.6. The molecule has 5 unspecified atom stereocenters. The fraction of sp³-hybridized carbons (Fsp3) is 0.667. The van der Waals surface area contributed by atoms with E-state index in [-0.39, 0.29) is 6.10 Å². The molecule has 1 aliphatic heterocycles. The van der Waals surface area contributed by atoms with Crippen molar-refractivity contribution >= 4 is 0 Å². The van der Waals surface area contributed by atoms with Gasteiger partial charge >= 0.3 is 0 Å². The lowest BCUT2D eigenvalue weighted by molar-refractivity contribution is 0.0726. The van der Waals surface area contributed by atoms with Crippen LogP contribution in [0.15, 0.2) is 24.3 Å². The molecule has 1 N–H and O–H groups in total. The molecule has 5 atom stereocenters. The zero-order chi connectivity index (χ0) is 13.5. The number of hydrogen-bond acceptors (Lipinski definition) is 2. The molecule has 0 aromatic heterocycles. The monoisotopic (exact) mass is 272 g/mol. The first-order valence-corrected chi connectivity index (χ1v) is 8.22. The van der Waals surface area contributed by atoms with Crippen molar-refractivity contribution in [3.05, 3.63) is 35.4 Å². The number of hydrogen-bond donors (Lipinski definition) is 1. The molecule has 0 bridgehead atoms. The predicted molar refractivity (Wildman–Crippen MR) is 78.7 cm³/mol. The Morgan fingerprint density at radius 3 is 3.00 bits per heavy atom. The number of aliphatic hydroxyl groups is 1. The number of aliphatic hydroxyl groups excluding tert-OH is 1. The van der Waals surface area contributed by atoms with Crippen LogP contribution in [0.2, 0.25) is 0 Å². The Morgan fingerprint density at radius 1 is 1.25 bits per heavy atom. The number of benzene rings is 1. The van der Waals surface area contributed by atoms with Gasteiger partial charge in [-0.05, 0) is 67.4 Å². The van der Waals surface area contributed by atoms with E-state index >= 15 is 0 Å². The molecule has 0 spiro atoms. The van der Waals surface area contributed by atoms with E-state index in [4.69, 9.17) is 4.74 Å². The summed E-state index contributed by atoms with van der Waals surface area (Å²) in [6.45, 7) is 0.919. The molecular weight excluding hydrogens is 248 g/mol. The lowest BCUT2D eigenvalue weighted by Crippen LogP contribution is -2.15. The van der Waals surface area contributed by atoms with E-state index in [1.165, 1.54) is 36.8 Å². The molecule has 2 nitrogen and oxygen atoms in total. The third-order valence-electron chi connectivity index (χ3n) is 5.64. The Kier molecular flexibility index (Phi) is 3.31. The van der Waals surface area contributed by atoms with Crippen LogP contribution in [0, 0.1) is 11.8 Å². The van der Waals surface area contributed by atoms with E-state index in [0.717, 1.165) is 25.4 Å². The van der Waals surface area contributed by atoms with Crippen molar-refractivity contribution in [1.82, 2.24) is 0 Å². The standard InChI is InChI=1S/C18H24O2/c19-16(10-8-13-5-3-11-20-13)18-15-9-7-12-4-1-2-6-14(12)17(15)18/h1-2,4,6,13,15-19H,3,5,7-11H2. The highest BCUT2D eigenvalue weighted by Gasteiger charge is 2.55. The largest absolute Gasteiger partial charge is 0.393 e. The lowest BCUT2D eigenvalue weighted by Gasteiger charge is -2.14. The molecule has 0 radical (unpaired) electrons. The SMILES string of the molecule is OC(CCC1CCCO1)C1C2CCc3ccccc3C21. The topological polar surface area (TPSA) is 29.5 Å². The molecule has 2 fully saturated rings. The zero-order valence-corrected chi connectivity index (χ0v) is 12.0. The van der Waals surface area contributed by atoms with E-state index in [1.54, 1.807) is 0 Å². The Hall–Kier alpha value is -0.860. The van der Waals surface area contributed by atoms with E-state index < -0.39 is 0 Å². The number of rotatable bonds is 4. The third kappa shape index (κ3) is 2.19. The molecule has 1 heterocycles. The van der Waals surface area contributed by atoms with Crippen LogP contribution in [0.4, 0.5) is 0 Å². The molecule has 3 aliphatic rings. The van der Waals surface area contributed by atoms with Gasteiger partial charge in [-0.2, -0.15) is 0 Å². The molecule has 1 saturated carbocycles. The van der Waals surface area contributed by atoms with Crippen LogP contribution in [0.3, 0.4) is 0 Å². The van der Waals surface area contributed by atoms with Crippen LogP contribution in [-0.4, -0.2) is 23.9 Å². The van der Waals surface area contributed by atoms with Crippen molar-refractivity contribution in [3.8, 4) is 0 Å². The summed E-state index contributed by atoms with van der Waals surface area (Å²) in [4.78, 5) is 0. The summed E-state index contributed by atoms with van der Waals surface area (Å²) >= 11 is 0. The summed E-state index contributed by atoms with van der Waals surface area (Å²) in [5.41, 5.74) is 3.03. The number of fused-ring (bicyclic) bond motifs is 3. The second-order valence-electron chi connectivity index (χ2n) is 6.78. The number of aryl methyl sites for hydroxylation is 1. The molecule has 20 heavy (non-hydrogen) atoms. The highest BCUT2D eigenvalue weighted by atomic mass is 16.5. The average molecular weight is 272 g/mol. The number of ether oxygens (including phenoxy) is 1. The zero-order valence-electron chi connectivity index (χ0n) is 12.0. The average Bonchev–Trinajstić information content (AvgIpc) is 3.00. The first-order chi connectivity index (χ1) is 9.84. The van der Waals surface area contributed by atoms with Gasteiger partial charge in [-0.25, -0.2) is 0 Å². The van der Waals surface area contributed by atoms with Gasteiger partial charge in [-0.3, -0.25) is 0 Å². The Morgan fingerprint density at radius 2 is 2.15 bits per heavy atom. The maximum absolute atomic E-state index is 10.6. The van der Waals surface area contributed by atoms with Gasteiger partial charge in [0.2, 0.25) is 0 Å². The van der Waals surface area contributed by atoms with Crippen molar-refractivity contribution in [1.29, 1.82) is 0 Å². The second kappa shape index (κ2) is 5.16. The van der Waals surface area contributed by atoms with Crippen molar-refractivity contribution in [2.45, 2.75) is 56.7 Å². The van der Waals surface area contributed by atoms with Gasteiger partial charge in [0.05, 0.1) is 12.2 Å². The van der Waals surface area contributed by atoms with Crippen LogP contribution in [0.25, 0.3) is 0 Å². The smallest absolute Gasteiger partial charge is 0.0578 e. The first-order valence-electron chi connectivity index (χ1n) is 8.22. The molecule has 0 amide bonds. The predicted octanol–water partition coefficient (Wildman–Crippen LogP) is 3.28. The van der Waals surface area contributed by atoms with Crippen molar-refractivity contribution in [2.24, 2.45) is 11.8 Å². The van der Waals surface area contributed by atoms with Gasteiger partial charge in [0.1, 0.15) is 0 Å². The molecular formula is C18H24O2. The van der Waals surface area contributed by atoms with Gasteiger partial charge in [0.25, 0.3) is 0 Å². The van der Waals surface area contributed by atoms with E-state index in [0.29, 0.717) is 17.9 Å². The minimum absolute atomic E-state index is 0.125. The highest BCUT2D eigenvalue weighted by Crippen LogP contribution is 2.61. The minimum atomic E-state index is -0.125. The molecule has 2 heteroatoms. The second-order valence-corrected chi connectivity index (χ2v) is 6.78. The van der Waals surface area contributed by atoms with Crippen molar-refractivity contribution < 1.29 is 9.84 Å². The summed E-state index contributed by atoms with van der Waals surface area (Å²) in [6.07, 6.45) is 7.10. The van der Waals surface area contributed by atoms with Crippen molar-refractivity contribution in [2.75, 3.05) is 6.61 Å². The maximum Gasteiger partial charge on any atom is 0.0578 e. The lowest BCUT2D eigenvalue weighted by atomic mass is 9.92. The fourth-order valence-electron chi connectivity index (χ4n) is 4.57. The Bertz CT molecular complexity index is 478. The first kappa shape index (κ1) is 12.8. The molecule has 1 aromatic rings. The van der Waals surface area contributed by atoms with E-state index in [9.17, 15) is 5.11 Å².